The van der Waals surface area contributed by atoms with Gasteiger partial charge in [-0.2, -0.15) is 0 Å². The Morgan fingerprint density at radius 1 is 1.21 bits per heavy atom. The number of anilines is 2. The van der Waals surface area contributed by atoms with E-state index in [1.54, 1.807) is 17.0 Å². The molecule has 24 heavy (non-hydrogen) atoms. The number of nitrogens with zero attached hydrogens (tertiary/aromatic N) is 1. The number of benzene rings is 1. The van der Waals surface area contributed by atoms with E-state index in [2.05, 4.69) is 24.5 Å². The van der Waals surface area contributed by atoms with Crippen LogP contribution in [0.3, 0.4) is 0 Å². The molecule has 0 saturated heterocycles. The van der Waals surface area contributed by atoms with Crippen LogP contribution in [0, 0.1) is 5.92 Å². The highest BCUT2D eigenvalue weighted by atomic mass is 16.2. The fraction of sp³-hybridized carbons (Fsp3) is 0.500. The number of aryl methyl sites for hydroxylation is 1. The van der Waals surface area contributed by atoms with Crippen LogP contribution in [-0.4, -0.2) is 30.8 Å². The van der Waals surface area contributed by atoms with Gasteiger partial charge in [0.25, 0.3) is 0 Å². The predicted molar refractivity (Wildman–Crippen MR) is 93.9 cm³/mol. The van der Waals surface area contributed by atoms with E-state index in [9.17, 15) is 14.4 Å². The number of fused-ring (bicyclic) bond motifs is 1. The first kappa shape index (κ1) is 18.0. The second kappa shape index (κ2) is 7.95. The van der Waals surface area contributed by atoms with Crippen LogP contribution < -0.4 is 15.5 Å². The summed E-state index contributed by atoms with van der Waals surface area (Å²) in [7, 11) is 0. The van der Waals surface area contributed by atoms with Crippen molar-refractivity contribution in [2.75, 3.05) is 23.3 Å². The second-order valence-electron chi connectivity index (χ2n) is 6.51. The molecule has 2 N–H and O–H groups in total. The van der Waals surface area contributed by atoms with Crippen LogP contribution in [0.25, 0.3) is 0 Å². The first-order chi connectivity index (χ1) is 11.4. The van der Waals surface area contributed by atoms with Crippen LogP contribution in [0.1, 0.15) is 39.2 Å². The van der Waals surface area contributed by atoms with Crippen molar-refractivity contribution in [3.63, 3.8) is 0 Å². The maximum Gasteiger partial charge on any atom is 0.313 e. The molecule has 0 bridgehead atoms. The Morgan fingerprint density at radius 3 is 2.62 bits per heavy atom. The molecule has 1 aromatic carbocycles. The minimum atomic E-state index is -0.691. The number of amides is 3. The normalized spacial score (nSPS) is 13.4. The number of rotatable bonds is 4. The van der Waals surface area contributed by atoms with Gasteiger partial charge in [0.05, 0.1) is 0 Å². The molecule has 6 nitrogen and oxygen atoms in total. The fourth-order valence-corrected chi connectivity index (χ4v) is 2.72. The average molecular weight is 331 g/mol. The van der Waals surface area contributed by atoms with Crippen molar-refractivity contribution >= 4 is 29.1 Å². The number of hydrogen-bond acceptors (Lipinski definition) is 3. The highest BCUT2D eigenvalue weighted by molar-refractivity contribution is 6.39. The zero-order chi connectivity index (χ0) is 17.7. The summed E-state index contributed by atoms with van der Waals surface area (Å²) < 4.78 is 0. The summed E-state index contributed by atoms with van der Waals surface area (Å²) >= 11 is 0. The molecule has 0 saturated carbocycles. The lowest BCUT2D eigenvalue weighted by Crippen LogP contribution is -2.36. The summed E-state index contributed by atoms with van der Waals surface area (Å²) in [6.07, 6.45) is 2.66. The third-order valence-corrected chi connectivity index (χ3v) is 4.06. The van der Waals surface area contributed by atoms with Gasteiger partial charge in [0.1, 0.15) is 0 Å². The molecule has 6 heteroatoms. The largest absolute Gasteiger partial charge is 0.348 e. The molecule has 0 unspecified atom stereocenters. The van der Waals surface area contributed by atoms with Crippen LogP contribution in [-0.2, 0) is 20.8 Å². The smallest absolute Gasteiger partial charge is 0.313 e. The van der Waals surface area contributed by atoms with Gasteiger partial charge in [-0.25, -0.2) is 0 Å². The molecule has 1 heterocycles. The Labute approximate surface area is 142 Å². The Bertz CT molecular complexity index is 640. The number of hydrogen-bond donors (Lipinski definition) is 2. The molecule has 2 rings (SSSR count). The van der Waals surface area contributed by atoms with Crippen LogP contribution in [0.15, 0.2) is 18.2 Å². The molecular weight excluding hydrogens is 306 g/mol. The predicted octanol–water partition coefficient (Wildman–Crippen LogP) is 2.09. The van der Waals surface area contributed by atoms with Crippen LogP contribution >= 0.6 is 0 Å². The van der Waals surface area contributed by atoms with Crippen molar-refractivity contribution in [3.05, 3.63) is 23.8 Å². The van der Waals surface area contributed by atoms with Crippen LogP contribution in [0.4, 0.5) is 11.4 Å². The number of nitrogens with one attached hydrogen (secondary N) is 2. The van der Waals surface area contributed by atoms with Crippen LogP contribution in [0.5, 0.6) is 0 Å². The maximum atomic E-state index is 12.0. The molecule has 1 aliphatic rings. The Balaban J connectivity index is 2.02. The van der Waals surface area contributed by atoms with Gasteiger partial charge in [-0.05, 0) is 42.9 Å². The van der Waals surface area contributed by atoms with Crippen LogP contribution in [0.2, 0.25) is 0 Å². The molecule has 0 aromatic heterocycles. The highest BCUT2D eigenvalue weighted by Gasteiger charge is 2.21. The highest BCUT2D eigenvalue weighted by Crippen LogP contribution is 2.30. The lowest BCUT2D eigenvalue weighted by Gasteiger charge is -2.29. The summed E-state index contributed by atoms with van der Waals surface area (Å²) in [5.41, 5.74) is 2.41. The van der Waals surface area contributed by atoms with E-state index in [4.69, 9.17) is 0 Å². The third-order valence-electron chi connectivity index (χ3n) is 4.06. The molecule has 3 amide bonds. The molecule has 130 valence electrons. The van der Waals surface area contributed by atoms with Gasteiger partial charge in [0.15, 0.2) is 0 Å². The van der Waals surface area contributed by atoms with Crippen molar-refractivity contribution < 1.29 is 14.4 Å². The van der Waals surface area contributed by atoms with Gasteiger partial charge in [0.2, 0.25) is 5.91 Å². The summed E-state index contributed by atoms with van der Waals surface area (Å²) in [6.45, 7) is 6.80. The molecule has 1 aromatic rings. The van der Waals surface area contributed by atoms with Crippen molar-refractivity contribution in [3.8, 4) is 0 Å². The van der Waals surface area contributed by atoms with E-state index >= 15 is 0 Å². The first-order valence-corrected chi connectivity index (χ1v) is 8.38. The quantitative estimate of drug-likeness (QED) is 0.829. The van der Waals surface area contributed by atoms with Crippen molar-refractivity contribution in [2.45, 2.75) is 40.0 Å². The Hall–Kier alpha value is -2.37. The zero-order valence-corrected chi connectivity index (χ0v) is 14.5. The topological polar surface area (TPSA) is 78.5 Å². The average Bonchev–Trinajstić information content (AvgIpc) is 2.53. The van der Waals surface area contributed by atoms with E-state index in [-0.39, 0.29) is 5.91 Å². The molecule has 1 aliphatic heterocycles. The van der Waals surface area contributed by atoms with Crippen molar-refractivity contribution in [1.29, 1.82) is 0 Å². The SMILES string of the molecule is CC(=O)N1CCCc2ccc(NC(=O)C(=O)NCCC(C)C)cc21. The Kier molecular flexibility index (Phi) is 5.95. The first-order valence-electron chi connectivity index (χ1n) is 8.38. The van der Waals surface area contributed by atoms with Crippen molar-refractivity contribution in [1.82, 2.24) is 5.32 Å². The van der Waals surface area contributed by atoms with E-state index in [0.29, 0.717) is 24.7 Å². The monoisotopic (exact) mass is 331 g/mol. The van der Waals surface area contributed by atoms with E-state index in [1.165, 1.54) is 6.92 Å². The van der Waals surface area contributed by atoms with Gasteiger partial charge in [-0.3, -0.25) is 14.4 Å². The summed E-state index contributed by atoms with van der Waals surface area (Å²) in [5, 5.41) is 5.21. The van der Waals surface area contributed by atoms with E-state index in [1.807, 2.05) is 6.07 Å². The molecule has 0 fully saturated rings. The molecule has 0 aliphatic carbocycles. The van der Waals surface area contributed by atoms with Gasteiger partial charge >= 0.3 is 11.8 Å². The van der Waals surface area contributed by atoms with E-state index < -0.39 is 11.8 Å². The molecule has 0 radical (unpaired) electrons. The molecule has 0 spiro atoms. The van der Waals surface area contributed by atoms with Gasteiger partial charge in [0, 0.05) is 31.4 Å². The van der Waals surface area contributed by atoms with E-state index in [0.717, 1.165) is 30.5 Å². The van der Waals surface area contributed by atoms with Gasteiger partial charge < -0.3 is 15.5 Å². The van der Waals surface area contributed by atoms with Crippen molar-refractivity contribution in [2.24, 2.45) is 5.92 Å². The minimum Gasteiger partial charge on any atom is -0.348 e. The summed E-state index contributed by atoms with van der Waals surface area (Å²) in [4.78, 5) is 37.2. The second-order valence-corrected chi connectivity index (χ2v) is 6.51. The van der Waals surface area contributed by atoms with Gasteiger partial charge in [-0.15, -0.1) is 0 Å². The third kappa shape index (κ3) is 4.57. The minimum absolute atomic E-state index is 0.0224. The lowest BCUT2D eigenvalue weighted by atomic mass is 10.0. The van der Waals surface area contributed by atoms with Gasteiger partial charge in [-0.1, -0.05) is 19.9 Å². The summed E-state index contributed by atoms with van der Waals surface area (Å²) in [6, 6.07) is 5.42. The summed E-state index contributed by atoms with van der Waals surface area (Å²) in [5.74, 6) is -0.891. The lowest BCUT2D eigenvalue weighted by molar-refractivity contribution is -0.136. The fourth-order valence-electron chi connectivity index (χ4n) is 2.72. The maximum absolute atomic E-state index is 12.0. The standard InChI is InChI=1S/C18H25N3O3/c1-12(2)8-9-19-17(23)18(24)20-15-7-6-14-5-4-10-21(13(3)22)16(14)11-15/h6-7,11-12H,4-5,8-10H2,1-3H3,(H,19,23)(H,20,24). The zero-order valence-electron chi connectivity index (χ0n) is 14.5. The Morgan fingerprint density at radius 2 is 1.96 bits per heavy atom. The molecular formula is C18H25N3O3. The molecule has 0 atom stereocenters. The number of carbonyl (C=O) groups is 3. The number of carbonyl (C=O) groups excluding carboxylic acids is 3.